The van der Waals surface area contributed by atoms with Crippen LogP contribution in [-0.4, -0.2) is 39.0 Å². The molecule has 0 saturated heterocycles. The van der Waals surface area contributed by atoms with Gasteiger partial charge in [-0.2, -0.15) is 0 Å². The minimum Gasteiger partial charge on any atom is -0.454 e. The van der Waals surface area contributed by atoms with Crippen molar-refractivity contribution in [1.82, 2.24) is 39.0 Å². The summed E-state index contributed by atoms with van der Waals surface area (Å²) in [4.78, 5) is 31.5. The number of aromatic nitrogens is 8. The summed E-state index contributed by atoms with van der Waals surface area (Å²) in [5.41, 5.74) is 12.7. The Bertz CT molecular complexity index is 4570. The molecule has 350 valence electrons. The molecule has 5 heterocycles. The SMILES string of the molecule is c1ccc(-c2nc(-c3ccccc3)nc(-c3ccc(-n4c5ccccc5c5c6c7ccccc7oc6c6c(c7ccccc7n6-c6ccccc6)c54)cc3-c3nc(-c4ccccc4)nc(-c4ccccc4)n3)n2)cc1. The maximum absolute atomic E-state index is 7.08. The zero-order chi connectivity index (χ0) is 49.4. The van der Waals surface area contributed by atoms with Gasteiger partial charge in [0.1, 0.15) is 5.58 Å². The van der Waals surface area contributed by atoms with Gasteiger partial charge in [0.2, 0.25) is 0 Å². The summed E-state index contributed by atoms with van der Waals surface area (Å²) in [7, 11) is 0. The highest BCUT2D eigenvalue weighted by molar-refractivity contribution is 6.39. The second kappa shape index (κ2) is 17.1. The minimum absolute atomic E-state index is 0.470. The summed E-state index contributed by atoms with van der Waals surface area (Å²) >= 11 is 0. The van der Waals surface area contributed by atoms with Crippen LogP contribution in [0.5, 0.6) is 0 Å². The topological polar surface area (TPSA) is 100 Å². The first-order chi connectivity index (χ1) is 37.2. The van der Waals surface area contributed by atoms with E-state index in [4.69, 9.17) is 34.3 Å². The summed E-state index contributed by atoms with van der Waals surface area (Å²) < 4.78 is 11.9. The van der Waals surface area contributed by atoms with Crippen molar-refractivity contribution in [2.24, 2.45) is 0 Å². The van der Waals surface area contributed by atoms with Gasteiger partial charge in [-0.05, 0) is 48.5 Å². The molecule has 0 radical (unpaired) electrons. The Labute approximate surface area is 429 Å². The standard InChI is InChI=1S/C66H40N8O/c1-6-22-41(23-7-1)61-67-62(42-24-8-2-9-25-42)70-65(69-61)47-39-38-46(40-51(47)66-71-63(43-26-10-3-11-27-43)68-64(72-66)44-28-12-4-13-29-44)74-52-35-19-16-32-48(52)55-56-50-34-18-21-37-54(50)75-60(56)59-57(58(55)74)49-33-17-20-36-53(49)73(59)45-30-14-5-15-31-45/h1-40H. The van der Waals surface area contributed by atoms with Crippen molar-refractivity contribution >= 4 is 65.6 Å². The summed E-state index contributed by atoms with van der Waals surface area (Å²) in [6, 6.07) is 83.1. The lowest BCUT2D eigenvalue weighted by atomic mass is 10.0. The predicted octanol–water partition coefficient (Wildman–Crippen LogP) is 16.2. The fourth-order valence-corrected chi connectivity index (χ4v) is 10.9. The zero-order valence-corrected chi connectivity index (χ0v) is 40.1. The van der Waals surface area contributed by atoms with E-state index in [0.29, 0.717) is 34.9 Å². The van der Waals surface area contributed by atoms with Crippen molar-refractivity contribution in [2.75, 3.05) is 0 Å². The number of furan rings is 1. The molecule has 0 unspecified atom stereocenters. The first-order valence-corrected chi connectivity index (χ1v) is 25.0. The highest BCUT2D eigenvalue weighted by Crippen LogP contribution is 2.50. The van der Waals surface area contributed by atoms with E-state index in [-0.39, 0.29) is 0 Å². The van der Waals surface area contributed by atoms with E-state index in [1.165, 1.54) is 0 Å². The van der Waals surface area contributed by atoms with Crippen LogP contribution in [0.4, 0.5) is 0 Å². The molecule has 0 aliphatic carbocycles. The third kappa shape index (κ3) is 6.86. The summed E-state index contributed by atoms with van der Waals surface area (Å²) in [6.45, 7) is 0. The molecule has 0 spiro atoms. The summed E-state index contributed by atoms with van der Waals surface area (Å²) in [5, 5.41) is 6.50. The van der Waals surface area contributed by atoms with Gasteiger partial charge in [-0.3, -0.25) is 0 Å². The van der Waals surface area contributed by atoms with E-state index in [2.05, 4.69) is 124 Å². The van der Waals surface area contributed by atoms with Crippen LogP contribution in [0.15, 0.2) is 247 Å². The summed E-state index contributed by atoms with van der Waals surface area (Å²) in [6.07, 6.45) is 0. The molecule has 0 aliphatic heterocycles. The van der Waals surface area contributed by atoms with Gasteiger partial charge in [0, 0.05) is 77.1 Å². The van der Waals surface area contributed by atoms with E-state index < -0.39 is 0 Å². The lowest BCUT2D eigenvalue weighted by molar-refractivity contribution is 0.671. The third-order valence-corrected chi connectivity index (χ3v) is 14.2. The fourth-order valence-electron chi connectivity index (χ4n) is 10.9. The first-order valence-electron chi connectivity index (χ1n) is 25.0. The van der Waals surface area contributed by atoms with Crippen LogP contribution in [0.3, 0.4) is 0 Å². The van der Waals surface area contributed by atoms with E-state index in [1.54, 1.807) is 0 Å². The molecule has 0 saturated carbocycles. The van der Waals surface area contributed by atoms with Gasteiger partial charge < -0.3 is 13.6 Å². The van der Waals surface area contributed by atoms with Gasteiger partial charge in [-0.15, -0.1) is 0 Å². The maximum atomic E-state index is 7.08. The predicted molar refractivity (Wildman–Crippen MR) is 302 cm³/mol. The number of hydrogen-bond donors (Lipinski definition) is 0. The van der Waals surface area contributed by atoms with Crippen LogP contribution in [0.2, 0.25) is 0 Å². The molecule has 0 atom stereocenters. The lowest BCUT2D eigenvalue weighted by Gasteiger charge is -2.16. The molecular weight excluding hydrogens is 921 g/mol. The van der Waals surface area contributed by atoms with Crippen molar-refractivity contribution in [3.05, 3.63) is 243 Å². The van der Waals surface area contributed by atoms with E-state index in [1.807, 2.05) is 127 Å². The van der Waals surface area contributed by atoms with Crippen LogP contribution < -0.4 is 0 Å². The lowest BCUT2D eigenvalue weighted by Crippen LogP contribution is -2.05. The molecule has 0 fully saturated rings. The molecule has 0 bridgehead atoms. The molecule has 0 amide bonds. The molecular formula is C66H40N8O. The third-order valence-electron chi connectivity index (χ3n) is 14.2. The van der Waals surface area contributed by atoms with Crippen molar-refractivity contribution in [3.8, 4) is 79.7 Å². The Hall–Kier alpha value is -10.4. The number of nitrogens with zero attached hydrogens (tertiary/aromatic N) is 8. The van der Waals surface area contributed by atoms with Gasteiger partial charge >= 0.3 is 0 Å². The number of fused-ring (bicyclic) bond motifs is 12. The first kappa shape index (κ1) is 42.3. The monoisotopic (exact) mass is 960 g/mol. The average Bonchev–Trinajstić information content (AvgIpc) is 4.32. The van der Waals surface area contributed by atoms with Gasteiger partial charge in [-0.25, -0.2) is 29.9 Å². The maximum Gasteiger partial charge on any atom is 0.164 e. The Morgan fingerprint density at radius 2 is 0.680 bits per heavy atom. The quantitative estimate of drug-likeness (QED) is 0.149. The van der Waals surface area contributed by atoms with Gasteiger partial charge in [0.05, 0.1) is 22.1 Å². The molecule has 0 N–H and O–H groups in total. The Balaban J connectivity index is 1.10. The number of hydrogen-bond acceptors (Lipinski definition) is 7. The smallest absolute Gasteiger partial charge is 0.164 e. The molecule has 15 rings (SSSR count). The Kier molecular flexibility index (Phi) is 9.67. The molecule has 9 nitrogen and oxygen atoms in total. The number of rotatable bonds is 8. The Morgan fingerprint density at radius 1 is 0.280 bits per heavy atom. The highest BCUT2D eigenvalue weighted by atomic mass is 16.3. The molecule has 0 aliphatic rings. The van der Waals surface area contributed by atoms with Crippen LogP contribution in [-0.2, 0) is 0 Å². The Morgan fingerprint density at radius 3 is 1.20 bits per heavy atom. The highest BCUT2D eigenvalue weighted by Gasteiger charge is 2.29. The largest absolute Gasteiger partial charge is 0.454 e. The van der Waals surface area contributed by atoms with Crippen LogP contribution in [0.25, 0.3) is 145 Å². The van der Waals surface area contributed by atoms with Crippen LogP contribution in [0.1, 0.15) is 0 Å². The molecule has 9 heteroatoms. The molecule has 10 aromatic carbocycles. The summed E-state index contributed by atoms with van der Waals surface area (Å²) in [5.74, 6) is 3.14. The van der Waals surface area contributed by atoms with Crippen LogP contribution in [0, 0.1) is 0 Å². The molecule has 5 aromatic heterocycles. The van der Waals surface area contributed by atoms with Gasteiger partial charge in [-0.1, -0.05) is 194 Å². The van der Waals surface area contributed by atoms with Crippen molar-refractivity contribution in [2.45, 2.75) is 0 Å². The van der Waals surface area contributed by atoms with Crippen molar-refractivity contribution in [3.63, 3.8) is 0 Å². The van der Waals surface area contributed by atoms with E-state index in [9.17, 15) is 0 Å². The van der Waals surface area contributed by atoms with Crippen molar-refractivity contribution in [1.29, 1.82) is 0 Å². The minimum atomic E-state index is 0.470. The normalized spacial score (nSPS) is 11.7. The van der Waals surface area contributed by atoms with Gasteiger partial charge in [0.25, 0.3) is 0 Å². The fraction of sp³-hybridized carbons (Fsp3) is 0. The van der Waals surface area contributed by atoms with Gasteiger partial charge in [0.15, 0.2) is 40.5 Å². The van der Waals surface area contributed by atoms with E-state index in [0.717, 1.165) is 110 Å². The van der Waals surface area contributed by atoms with Crippen LogP contribution >= 0.6 is 0 Å². The average molecular weight is 961 g/mol. The molecule has 75 heavy (non-hydrogen) atoms. The number of benzene rings is 10. The number of para-hydroxylation sites is 4. The van der Waals surface area contributed by atoms with Crippen molar-refractivity contribution < 1.29 is 4.42 Å². The zero-order valence-electron chi connectivity index (χ0n) is 40.1. The second-order valence-electron chi connectivity index (χ2n) is 18.6. The van der Waals surface area contributed by atoms with E-state index >= 15 is 0 Å². The second-order valence-corrected chi connectivity index (χ2v) is 18.6. The molecule has 15 aromatic rings.